The van der Waals surface area contributed by atoms with Gasteiger partial charge in [-0.3, -0.25) is 4.79 Å². The Morgan fingerprint density at radius 2 is 1.94 bits per heavy atom. The number of aromatic nitrogens is 2. The second-order valence-corrected chi connectivity index (χ2v) is 11.1. The summed E-state index contributed by atoms with van der Waals surface area (Å²) in [6, 6.07) is 4.37. The lowest BCUT2D eigenvalue weighted by atomic mass is 10.1. The van der Waals surface area contributed by atoms with Crippen molar-refractivity contribution in [3.05, 3.63) is 40.4 Å². The first-order chi connectivity index (χ1) is 15.9. The molecule has 0 aliphatic carbocycles. The number of thiophene rings is 1. The number of alkyl halides is 2. The van der Waals surface area contributed by atoms with Gasteiger partial charge in [-0.2, -0.15) is 18.2 Å². The summed E-state index contributed by atoms with van der Waals surface area (Å²) in [4.78, 5) is 13.7. The SMILES string of the molecule is Cc1nnc2sc(C(=O)NC3CCN(S(=O)(=O)c4ccc(OC(C)(F)F)cc4)C3)c(N)c2c1C. The number of carbonyl (C=O) groups excluding carboxylic acids is 1. The minimum absolute atomic E-state index is 0.0515. The normalized spacial score (nSPS) is 17.3. The lowest BCUT2D eigenvalue weighted by Gasteiger charge is -2.18. The third kappa shape index (κ3) is 4.68. The van der Waals surface area contributed by atoms with Crippen LogP contribution in [0.5, 0.6) is 5.75 Å². The molecule has 1 atom stereocenters. The van der Waals surface area contributed by atoms with Gasteiger partial charge in [-0.05, 0) is 50.1 Å². The lowest BCUT2D eigenvalue weighted by molar-refractivity contribution is -0.158. The Hall–Kier alpha value is -2.90. The molecule has 1 unspecified atom stereocenters. The van der Waals surface area contributed by atoms with E-state index in [2.05, 4.69) is 20.3 Å². The van der Waals surface area contributed by atoms with Crippen LogP contribution in [0.1, 0.15) is 34.3 Å². The average Bonchev–Trinajstić information content (AvgIpc) is 3.35. The molecule has 1 amide bonds. The predicted octanol–water partition coefficient (Wildman–Crippen LogP) is 3.07. The number of halogens is 2. The van der Waals surface area contributed by atoms with E-state index in [4.69, 9.17) is 5.73 Å². The Balaban J connectivity index is 1.45. The fourth-order valence-corrected chi connectivity index (χ4v) is 6.26. The molecule has 1 aliphatic rings. The van der Waals surface area contributed by atoms with Crippen LogP contribution in [-0.4, -0.2) is 54.1 Å². The first-order valence-electron chi connectivity index (χ1n) is 10.4. The first kappa shape index (κ1) is 24.2. The van der Waals surface area contributed by atoms with E-state index in [1.165, 1.54) is 28.6 Å². The number of carbonyl (C=O) groups is 1. The largest absolute Gasteiger partial charge is 0.433 e. The molecule has 9 nitrogen and oxygen atoms in total. The van der Waals surface area contributed by atoms with Crippen molar-refractivity contribution < 1.29 is 26.7 Å². The van der Waals surface area contributed by atoms with Crippen molar-refractivity contribution in [2.24, 2.45) is 0 Å². The number of rotatable bonds is 6. The fraction of sp³-hybridized carbons (Fsp3) is 0.381. The highest BCUT2D eigenvalue weighted by Crippen LogP contribution is 2.35. The van der Waals surface area contributed by atoms with Gasteiger partial charge in [0.1, 0.15) is 15.5 Å². The maximum atomic E-state index is 13.0. The molecule has 13 heteroatoms. The summed E-state index contributed by atoms with van der Waals surface area (Å²) in [7, 11) is -3.87. The molecule has 3 N–H and O–H groups in total. The number of fused-ring (bicyclic) bond motifs is 1. The molecule has 0 saturated carbocycles. The van der Waals surface area contributed by atoms with Crippen LogP contribution in [0.15, 0.2) is 29.2 Å². The lowest BCUT2D eigenvalue weighted by Crippen LogP contribution is -2.38. The van der Waals surface area contributed by atoms with Crippen LogP contribution in [0.3, 0.4) is 0 Å². The predicted molar refractivity (Wildman–Crippen MR) is 124 cm³/mol. The molecule has 0 radical (unpaired) electrons. The zero-order chi connectivity index (χ0) is 24.8. The van der Waals surface area contributed by atoms with Crippen LogP contribution in [-0.2, 0) is 10.0 Å². The Morgan fingerprint density at radius 3 is 2.59 bits per heavy atom. The van der Waals surface area contributed by atoms with E-state index in [0.29, 0.717) is 34.1 Å². The summed E-state index contributed by atoms with van der Waals surface area (Å²) in [6.45, 7) is 4.54. The van der Waals surface area contributed by atoms with Gasteiger partial charge in [0.05, 0.1) is 16.3 Å². The number of hydrogen-bond acceptors (Lipinski definition) is 8. The van der Waals surface area contributed by atoms with E-state index >= 15 is 0 Å². The average molecular weight is 512 g/mol. The Bertz CT molecular complexity index is 1350. The molecule has 34 heavy (non-hydrogen) atoms. The molecule has 3 aromatic rings. The summed E-state index contributed by atoms with van der Waals surface area (Å²) >= 11 is 1.14. The minimum atomic E-state index is -3.87. The second kappa shape index (κ2) is 8.71. The zero-order valence-electron chi connectivity index (χ0n) is 18.6. The highest BCUT2D eigenvalue weighted by molar-refractivity contribution is 7.89. The van der Waals surface area contributed by atoms with Crippen molar-refractivity contribution >= 4 is 43.2 Å². The van der Waals surface area contributed by atoms with Crippen LogP contribution in [0.4, 0.5) is 14.5 Å². The fourth-order valence-electron chi connectivity index (χ4n) is 3.76. The van der Waals surface area contributed by atoms with Gasteiger partial charge >= 0.3 is 6.11 Å². The highest BCUT2D eigenvalue weighted by Gasteiger charge is 2.34. The van der Waals surface area contributed by atoms with Gasteiger partial charge < -0.3 is 15.8 Å². The molecule has 1 aromatic carbocycles. The van der Waals surface area contributed by atoms with Gasteiger partial charge in [-0.1, -0.05) is 0 Å². The number of aryl methyl sites for hydroxylation is 2. The molecule has 0 spiro atoms. The highest BCUT2D eigenvalue weighted by atomic mass is 32.2. The number of ether oxygens (including phenoxy) is 1. The molecule has 4 rings (SSSR count). The van der Waals surface area contributed by atoms with Gasteiger partial charge in [-0.25, -0.2) is 8.42 Å². The van der Waals surface area contributed by atoms with Gasteiger partial charge in [0, 0.05) is 31.4 Å². The third-order valence-corrected chi connectivity index (χ3v) is 8.55. The maximum absolute atomic E-state index is 13.0. The number of nitrogens with zero attached hydrogens (tertiary/aromatic N) is 3. The van der Waals surface area contributed by atoms with Crippen LogP contribution in [0.25, 0.3) is 10.2 Å². The van der Waals surface area contributed by atoms with Crippen molar-refractivity contribution in [2.75, 3.05) is 18.8 Å². The van der Waals surface area contributed by atoms with Gasteiger partial charge in [-0.15, -0.1) is 16.4 Å². The Labute approximate surface area is 199 Å². The van der Waals surface area contributed by atoms with Gasteiger partial charge in [0.15, 0.2) is 0 Å². The third-order valence-electron chi connectivity index (χ3n) is 5.59. The molecule has 1 aliphatic heterocycles. The quantitative estimate of drug-likeness (QED) is 0.521. The Morgan fingerprint density at radius 1 is 1.26 bits per heavy atom. The molecule has 1 fully saturated rings. The number of nitrogen functional groups attached to an aromatic ring is 1. The van der Waals surface area contributed by atoms with E-state index in [-0.39, 0.29) is 23.7 Å². The summed E-state index contributed by atoms with van der Waals surface area (Å²) in [5, 5.41) is 11.7. The van der Waals surface area contributed by atoms with Crippen molar-refractivity contribution in [1.29, 1.82) is 0 Å². The van der Waals surface area contributed by atoms with Crippen LogP contribution >= 0.6 is 11.3 Å². The smallest absolute Gasteiger partial charge is 0.394 e. The summed E-state index contributed by atoms with van der Waals surface area (Å²) < 4.78 is 57.6. The standard InChI is InChI=1S/C21H23F2N5O4S2/c1-11-12(2)26-27-20-16(11)17(24)18(33-20)19(29)25-13-8-9-28(10-13)34(30,31)15-6-4-14(5-7-15)32-21(3,22)23/h4-7,13H,8-10,24H2,1-3H3,(H,25,29). The monoisotopic (exact) mass is 511 g/mol. The van der Waals surface area contributed by atoms with Crippen molar-refractivity contribution in [1.82, 2.24) is 19.8 Å². The number of sulfonamides is 1. The second-order valence-electron chi connectivity index (χ2n) is 8.14. The van der Waals surface area contributed by atoms with E-state index in [0.717, 1.165) is 22.6 Å². The number of nitrogens with one attached hydrogen (secondary N) is 1. The molecular formula is C21H23F2N5O4S2. The zero-order valence-corrected chi connectivity index (χ0v) is 20.3. The van der Waals surface area contributed by atoms with E-state index < -0.39 is 28.1 Å². The molecule has 2 aromatic heterocycles. The molecule has 0 bridgehead atoms. The van der Waals surface area contributed by atoms with Crippen LogP contribution in [0, 0.1) is 13.8 Å². The topological polar surface area (TPSA) is 128 Å². The Kier molecular flexibility index (Phi) is 6.21. The minimum Gasteiger partial charge on any atom is -0.433 e. The molecule has 182 valence electrons. The number of amides is 1. The number of anilines is 1. The number of hydrogen-bond donors (Lipinski definition) is 2. The van der Waals surface area contributed by atoms with Crippen LogP contribution in [0.2, 0.25) is 0 Å². The van der Waals surface area contributed by atoms with Crippen molar-refractivity contribution in [3.8, 4) is 5.75 Å². The molecular weight excluding hydrogens is 488 g/mol. The van der Waals surface area contributed by atoms with Crippen molar-refractivity contribution in [3.63, 3.8) is 0 Å². The number of benzene rings is 1. The van der Waals surface area contributed by atoms with Crippen molar-refractivity contribution in [2.45, 2.75) is 44.2 Å². The molecule has 1 saturated heterocycles. The first-order valence-corrected chi connectivity index (χ1v) is 12.6. The van der Waals surface area contributed by atoms with Gasteiger partial charge in [0.25, 0.3) is 5.91 Å². The van der Waals surface area contributed by atoms with E-state index in [9.17, 15) is 22.0 Å². The van der Waals surface area contributed by atoms with Crippen LogP contribution < -0.4 is 15.8 Å². The van der Waals surface area contributed by atoms with Gasteiger partial charge in [0.2, 0.25) is 10.0 Å². The van der Waals surface area contributed by atoms with E-state index in [1.807, 2.05) is 13.8 Å². The maximum Gasteiger partial charge on any atom is 0.394 e. The summed E-state index contributed by atoms with van der Waals surface area (Å²) in [5.74, 6) is -0.544. The summed E-state index contributed by atoms with van der Waals surface area (Å²) in [5.41, 5.74) is 8.14. The van der Waals surface area contributed by atoms with E-state index in [1.54, 1.807) is 0 Å². The summed E-state index contributed by atoms with van der Waals surface area (Å²) in [6.07, 6.45) is -2.96. The number of nitrogens with two attached hydrogens (primary N) is 1. The molecule has 3 heterocycles.